The maximum atomic E-state index is 12.4. The lowest BCUT2D eigenvalue weighted by Gasteiger charge is -2.27. The molecule has 2 amide bonds. The molecule has 0 unspecified atom stereocenters. The predicted molar refractivity (Wildman–Crippen MR) is 84.0 cm³/mol. The average Bonchev–Trinajstić information content (AvgIpc) is 2.78. The van der Waals surface area contributed by atoms with Crippen molar-refractivity contribution in [2.75, 3.05) is 0 Å². The molecule has 2 aliphatic rings. The topological polar surface area (TPSA) is 66.8 Å². The molecule has 22 heavy (non-hydrogen) atoms. The number of aromatic hydroxyl groups is 1. The first-order valence-corrected chi connectivity index (χ1v) is 8.11. The number of cyclic esters (lactones) is 1. The Labute approximate surface area is 136 Å². The lowest BCUT2D eigenvalue weighted by atomic mass is 9.94. The largest absolute Gasteiger partial charge is 0.507 e. The van der Waals surface area contributed by atoms with Crippen LogP contribution in [0.5, 0.6) is 5.75 Å². The summed E-state index contributed by atoms with van der Waals surface area (Å²) in [5.41, 5.74) is 0.673. The quantitative estimate of drug-likeness (QED) is 0.809. The van der Waals surface area contributed by atoms with Crippen LogP contribution in [0.2, 0.25) is 0 Å². The number of rotatable bonds is 2. The lowest BCUT2D eigenvalue weighted by molar-refractivity contribution is -0.125. The molecule has 0 atom stereocenters. The van der Waals surface area contributed by atoms with Crippen molar-refractivity contribution in [3.8, 4) is 5.75 Å². The third-order valence-corrected chi connectivity index (χ3v) is 4.67. The molecule has 0 aromatic heterocycles. The molecule has 1 saturated heterocycles. The molecule has 0 spiro atoms. The van der Waals surface area contributed by atoms with Crippen LogP contribution >= 0.6 is 15.9 Å². The van der Waals surface area contributed by atoms with Gasteiger partial charge in [-0.1, -0.05) is 25.3 Å². The predicted octanol–water partition coefficient (Wildman–Crippen LogP) is 3.81. The number of benzene rings is 1. The SMILES string of the molecule is O=C1OC(=Cc2ccc(O)c(Br)c2)C(=O)N1C1CCCCC1. The Morgan fingerprint density at radius 1 is 1.23 bits per heavy atom. The van der Waals surface area contributed by atoms with Gasteiger partial charge < -0.3 is 9.84 Å². The minimum atomic E-state index is -0.582. The lowest BCUT2D eigenvalue weighted by Crippen LogP contribution is -2.40. The standard InChI is InChI=1S/C16H16BrNO4/c17-12-8-10(6-7-13(12)19)9-14-15(20)18(16(21)22-14)11-4-2-1-3-5-11/h6-9,11,19H,1-5H2. The van der Waals surface area contributed by atoms with E-state index < -0.39 is 6.09 Å². The summed E-state index contributed by atoms with van der Waals surface area (Å²) in [5, 5.41) is 9.48. The fourth-order valence-electron chi connectivity index (χ4n) is 2.90. The van der Waals surface area contributed by atoms with Crippen LogP contribution in [0.15, 0.2) is 28.4 Å². The van der Waals surface area contributed by atoms with E-state index >= 15 is 0 Å². The van der Waals surface area contributed by atoms with Gasteiger partial charge in [-0.05, 0) is 52.5 Å². The van der Waals surface area contributed by atoms with Gasteiger partial charge in [-0.3, -0.25) is 4.79 Å². The van der Waals surface area contributed by atoms with E-state index in [2.05, 4.69) is 15.9 Å². The van der Waals surface area contributed by atoms with E-state index in [9.17, 15) is 14.7 Å². The second-order valence-electron chi connectivity index (χ2n) is 5.55. The number of imide groups is 1. The van der Waals surface area contributed by atoms with Crippen LogP contribution in [0.4, 0.5) is 4.79 Å². The number of phenols is 1. The number of phenolic OH excluding ortho intramolecular Hbond substituents is 1. The number of amides is 2. The summed E-state index contributed by atoms with van der Waals surface area (Å²) < 4.78 is 5.65. The third kappa shape index (κ3) is 2.88. The molecule has 1 aliphatic carbocycles. The van der Waals surface area contributed by atoms with Gasteiger partial charge in [-0.15, -0.1) is 0 Å². The molecule has 1 aromatic rings. The fourth-order valence-corrected chi connectivity index (χ4v) is 3.29. The monoisotopic (exact) mass is 365 g/mol. The normalized spacial score (nSPS) is 21.5. The summed E-state index contributed by atoms with van der Waals surface area (Å²) in [6, 6.07) is 4.77. The first kappa shape index (κ1) is 15.1. The van der Waals surface area contributed by atoms with E-state index in [1.165, 1.54) is 17.0 Å². The molecule has 1 N–H and O–H groups in total. The molecule has 3 rings (SSSR count). The number of carbonyl (C=O) groups is 2. The Kier molecular flexibility index (Phi) is 4.20. The fraction of sp³-hybridized carbons (Fsp3) is 0.375. The zero-order chi connectivity index (χ0) is 15.7. The van der Waals surface area contributed by atoms with Crippen LogP contribution in [-0.4, -0.2) is 28.0 Å². The third-order valence-electron chi connectivity index (χ3n) is 4.03. The molecule has 1 aliphatic heterocycles. The summed E-state index contributed by atoms with van der Waals surface area (Å²) in [4.78, 5) is 25.7. The zero-order valence-corrected chi connectivity index (χ0v) is 13.5. The zero-order valence-electron chi connectivity index (χ0n) is 11.9. The number of hydrogen-bond acceptors (Lipinski definition) is 4. The van der Waals surface area contributed by atoms with Gasteiger partial charge in [0.15, 0.2) is 5.76 Å². The van der Waals surface area contributed by atoms with Gasteiger partial charge in [0.2, 0.25) is 0 Å². The Bertz CT molecular complexity index is 650. The number of nitrogens with zero attached hydrogens (tertiary/aromatic N) is 1. The average molecular weight is 366 g/mol. The van der Waals surface area contributed by atoms with Crippen molar-refractivity contribution in [2.24, 2.45) is 0 Å². The Hall–Kier alpha value is -1.82. The summed E-state index contributed by atoms with van der Waals surface area (Å²) in [7, 11) is 0. The number of halogens is 1. The first-order valence-electron chi connectivity index (χ1n) is 7.32. The summed E-state index contributed by atoms with van der Waals surface area (Å²) in [6.45, 7) is 0. The number of ether oxygens (including phenoxy) is 1. The maximum absolute atomic E-state index is 12.4. The van der Waals surface area contributed by atoms with E-state index in [1.54, 1.807) is 12.1 Å². The Morgan fingerprint density at radius 3 is 2.64 bits per heavy atom. The van der Waals surface area contributed by atoms with Gasteiger partial charge in [0, 0.05) is 6.04 Å². The number of carbonyl (C=O) groups excluding carboxylic acids is 2. The maximum Gasteiger partial charge on any atom is 0.422 e. The van der Waals surface area contributed by atoms with Gasteiger partial charge in [0.25, 0.3) is 5.91 Å². The van der Waals surface area contributed by atoms with E-state index in [0.717, 1.165) is 32.1 Å². The van der Waals surface area contributed by atoms with E-state index in [0.29, 0.717) is 10.0 Å². The second kappa shape index (κ2) is 6.12. The molecule has 1 heterocycles. The highest BCUT2D eigenvalue weighted by Crippen LogP contribution is 2.30. The van der Waals surface area contributed by atoms with Crippen molar-refractivity contribution in [1.29, 1.82) is 0 Å². The van der Waals surface area contributed by atoms with Crippen LogP contribution < -0.4 is 0 Å². The molecule has 5 nitrogen and oxygen atoms in total. The van der Waals surface area contributed by atoms with E-state index in [1.807, 2.05) is 0 Å². The Balaban J connectivity index is 1.83. The van der Waals surface area contributed by atoms with Crippen LogP contribution in [-0.2, 0) is 9.53 Å². The highest BCUT2D eigenvalue weighted by Gasteiger charge is 2.41. The van der Waals surface area contributed by atoms with Crippen molar-refractivity contribution in [3.05, 3.63) is 34.0 Å². The van der Waals surface area contributed by atoms with E-state index in [4.69, 9.17) is 4.74 Å². The van der Waals surface area contributed by atoms with Gasteiger partial charge in [0.05, 0.1) is 4.47 Å². The second-order valence-corrected chi connectivity index (χ2v) is 6.41. The molecule has 2 fully saturated rings. The van der Waals surface area contributed by atoms with Gasteiger partial charge in [0.1, 0.15) is 5.75 Å². The van der Waals surface area contributed by atoms with Gasteiger partial charge in [-0.2, -0.15) is 0 Å². The molecule has 0 bridgehead atoms. The van der Waals surface area contributed by atoms with Crippen molar-refractivity contribution in [2.45, 2.75) is 38.1 Å². The summed E-state index contributed by atoms with van der Waals surface area (Å²) >= 11 is 3.21. The Morgan fingerprint density at radius 2 is 1.95 bits per heavy atom. The molecule has 1 aromatic carbocycles. The van der Waals surface area contributed by atoms with Crippen molar-refractivity contribution < 1.29 is 19.4 Å². The summed E-state index contributed by atoms with van der Waals surface area (Å²) in [5.74, 6) is -0.227. The molecule has 1 saturated carbocycles. The summed E-state index contributed by atoms with van der Waals surface area (Å²) in [6.07, 6.45) is 5.85. The van der Waals surface area contributed by atoms with Crippen molar-refractivity contribution >= 4 is 34.0 Å². The van der Waals surface area contributed by atoms with Crippen molar-refractivity contribution in [3.63, 3.8) is 0 Å². The molecule has 6 heteroatoms. The van der Waals surface area contributed by atoms with Crippen molar-refractivity contribution in [1.82, 2.24) is 4.90 Å². The van der Waals surface area contributed by atoms with Gasteiger partial charge >= 0.3 is 6.09 Å². The van der Waals surface area contributed by atoms with Crippen LogP contribution in [0.3, 0.4) is 0 Å². The molecule has 0 radical (unpaired) electrons. The minimum absolute atomic E-state index is 0.0353. The highest BCUT2D eigenvalue weighted by atomic mass is 79.9. The first-order chi connectivity index (χ1) is 10.6. The molecular formula is C16H16BrNO4. The van der Waals surface area contributed by atoms with Gasteiger partial charge in [-0.25, -0.2) is 9.69 Å². The van der Waals surface area contributed by atoms with Crippen LogP contribution in [0.25, 0.3) is 6.08 Å². The van der Waals surface area contributed by atoms with Crippen LogP contribution in [0.1, 0.15) is 37.7 Å². The molecule has 116 valence electrons. The highest BCUT2D eigenvalue weighted by molar-refractivity contribution is 9.10. The van der Waals surface area contributed by atoms with E-state index in [-0.39, 0.29) is 23.5 Å². The smallest absolute Gasteiger partial charge is 0.422 e. The number of hydrogen-bond donors (Lipinski definition) is 1. The minimum Gasteiger partial charge on any atom is -0.507 e. The van der Waals surface area contributed by atoms with Crippen LogP contribution in [0, 0.1) is 0 Å². The molecular weight excluding hydrogens is 350 g/mol.